The molecule has 2 aromatic rings. The monoisotopic (exact) mass is 258 g/mol. The normalized spacial score (nSPS) is 23.4. The van der Waals surface area contributed by atoms with Crippen molar-refractivity contribution in [1.82, 2.24) is 15.5 Å². The van der Waals surface area contributed by atoms with Gasteiger partial charge in [0.15, 0.2) is 5.69 Å². The molecule has 0 saturated heterocycles. The largest absolute Gasteiger partial charge is 0.348 e. The molecular weight excluding hydrogens is 240 g/mol. The summed E-state index contributed by atoms with van der Waals surface area (Å²) in [5.41, 5.74) is 7.23. The van der Waals surface area contributed by atoms with Crippen molar-refractivity contribution in [3.05, 3.63) is 30.0 Å². The van der Waals surface area contributed by atoms with Crippen LogP contribution in [0.5, 0.6) is 0 Å². The maximum Gasteiger partial charge on any atom is 0.272 e. The van der Waals surface area contributed by atoms with E-state index in [1.54, 1.807) is 0 Å². The Morgan fingerprint density at radius 1 is 1.26 bits per heavy atom. The van der Waals surface area contributed by atoms with E-state index < -0.39 is 0 Å². The molecule has 0 spiro atoms. The van der Waals surface area contributed by atoms with Crippen LogP contribution in [0.3, 0.4) is 0 Å². The van der Waals surface area contributed by atoms with Gasteiger partial charge in [-0.3, -0.25) is 9.89 Å². The second-order valence-corrected chi connectivity index (χ2v) is 5.20. The highest BCUT2D eigenvalue weighted by atomic mass is 16.2. The molecule has 5 heteroatoms. The minimum atomic E-state index is -0.0991. The first-order valence-electron chi connectivity index (χ1n) is 6.73. The summed E-state index contributed by atoms with van der Waals surface area (Å²) in [6.45, 7) is 0. The summed E-state index contributed by atoms with van der Waals surface area (Å²) in [6, 6.07) is 8.17. The first kappa shape index (κ1) is 12.2. The number of aromatic amines is 1. The third-order valence-electron chi connectivity index (χ3n) is 3.79. The van der Waals surface area contributed by atoms with Gasteiger partial charge in [-0.2, -0.15) is 5.10 Å². The fourth-order valence-electron chi connectivity index (χ4n) is 2.65. The molecule has 1 aromatic carbocycles. The maximum atomic E-state index is 12.2. The number of benzene rings is 1. The van der Waals surface area contributed by atoms with Gasteiger partial charge in [0.1, 0.15) is 0 Å². The number of rotatable bonds is 2. The van der Waals surface area contributed by atoms with E-state index in [0.717, 1.165) is 36.6 Å². The molecular formula is C14H18N4O. The van der Waals surface area contributed by atoms with E-state index in [4.69, 9.17) is 5.73 Å². The fourth-order valence-corrected chi connectivity index (χ4v) is 2.65. The van der Waals surface area contributed by atoms with Crippen LogP contribution in [-0.4, -0.2) is 28.2 Å². The molecule has 100 valence electrons. The van der Waals surface area contributed by atoms with Crippen molar-refractivity contribution in [2.45, 2.75) is 37.8 Å². The summed E-state index contributed by atoms with van der Waals surface area (Å²) in [5, 5.41) is 10.9. The quantitative estimate of drug-likeness (QED) is 0.764. The van der Waals surface area contributed by atoms with Gasteiger partial charge in [0, 0.05) is 17.5 Å². The van der Waals surface area contributed by atoms with Gasteiger partial charge in [-0.15, -0.1) is 0 Å². The Hall–Kier alpha value is -1.88. The SMILES string of the molecule is NC1CCC(NC(=O)c2n[nH]c3ccccc23)CC1. The summed E-state index contributed by atoms with van der Waals surface area (Å²) in [7, 11) is 0. The molecule has 4 N–H and O–H groups in total. The number of hydrogen-bond acceptors (Lipinski definition) is 3. The van der Waals surface area contributed by atoms with E-state index in [2.05, 4.69) is 15.5 Å². The minimum Gasteiger partial charge on any atom is -0.348 e. The van der Waals surface area contributed by atoms with Crippen molar-refractivity contribution in [1.29, 1.82) is 0 Å². The van der Waals surface area contributed by atoms with Gasteiger partial charge in [-0.05, 0) is 31.7 Å². The lowest BCUT2D eigenvalue weighted by Crippen LogP contribution is -2.40. The van der Waals surface area contributed by atoms with Crippen molar-refractivity contribution in [3.8, 4) is 0 Å². The lowest BCUT2D eigenvalue weighted by Gasteiger charge is -2.26. The number of carbonyl (C=O) groups excluding carboxylic acids is 1. The summed E-state index contributed by atoms with van der Waals surface area (Å²) in [5.74, 6) is -0.0991. The number of para-hydroxylation sites is 1. The molecule has 5 nitrogen and oxygen atoms in total. The van der Waals surface area contributed by atoms with Gasteiger partial charge in [0.05, 0.1) is 5.52 Å². The van der Waals surface area contributed by atoms with Gasteiger partial charge in [-0.25, -0.2) is 0 Å². The van der Waals surface area contributed by atoms with Gasteiger partial charge >= 0.3 is 0 Å². The molecule has 3 rings (SSSR count). The highest BCUT2D eigenvalue weighted by Crippen LogP contribution is 2.19. The van der Waals surface area contributed by atoms with Gasteiger partial charge in [0.2, 0.25) is 0 Å². The standard InChI is InChI=1S/C14H18N4O/c15-9-5-7-10(8-6-9)16-14(19)13-11-3-1-2-4-12(11)17-18-13/h1-4,9-10H,5-8,15H2,(H,16,19)(H,17,18). The van der Waals surface area contributed by atoms with E-state index in [0.29, 0.717) is 11.7 Å². The van der Waals surface area contributed by atoms with E-state index in [1.807, 2.05) is 24.3 Å². The van der Waals surface area contributed by atoms with Gasteiger partial charge in [-0.1, -0.05) is 18.2 Å². The van der Waals surface area contributed by atoms with Crippen molar-refractivity contribution >= 4 is 16.8 Å². The highest BCUT2D eigenvalue weighted by molar-refractivity contribution is 6.04. The van der Waals surface area contributed by atoms with Gasteiger partial charge < -0.3 is 11.1 Å². The van der Waals surface area contributed by atoms with Crippen LogP contribution in [0.2, 0.25) is 0 Å². The molecule has 0 aliphatic heterocycles. The van der Waals surface area contributed by atoms with Crippen LogP contribution in [0.1, 0.15) is 36.2 Å². The summed E-state index contributed by atoms with van der Waals surface area (Å²) in [4.78, 5) is 12.2. The number of carbonyl (C=O) groups is 1. The minimum absolute atomic E-state index is 0.0991. The number of fused-ring (bicyclic) bond motifs is 1. The summed E-state index contributed by atoms with van der Waals surface area (Å²) in [6.07, 6.45) is 3.86. The molecule has 0 unspecified atom stereocenters. The average Bonchev–Trinajstić information content (AvgIpc) is 2.85. The molecule has 1 saturated carbocycles. The predicted molar refractivity (Wildman–Crippen MR) is 73.8 cm³/mol. The third kappa shape index (κ3) is 2.46. The lowest BCUT2D eigenvalue weighted by molar-refractivity contribution is 0.0922. The molecule has 1 heterocycles. The van der Waals surface area contributed by atoms with Crippen molar-refractivity contribution in [2.75, 3.05) is 0 Å². The third-order valence-corrected chi connectivity index (χ3v) is 3.79. The number of hydrogen-bond donors (Lipinski definition) is 3. The fraction of sp³-hybridized carbons (Fsp3) is 0.429. The highest BCUT2D eigenvalue weighted by Gasteiger charge is 2.22. The smallest absolute Gasteiger partial charge is 0.272 e. The van der Waals surface area contributed by atoms with Gasteiger partial charge in [0.25, 0.3) is 5.91 Å². The van der Waals surface area contributed by atoms with Crippen LogP contribution >= 0.6 is 0 Å². The molecule has 19 heavy (non-hydrogen) atoms. The van der Waals surface area contributed by atoms with Crippen LogP contribution in [0.25, 0.3) is 10.9 Å². The lowest BCUT2D eigenvalue weighted by atomic mass is 9.92. The summed E-state index contributed by atoms with van der Waals surface area (Å²) >= 11 is 0. The number of amides is 1. The average molecular weight is 258 g/mol. The number of aromatic nitrogens is 2. The Kier molecular flexibility index (Phi) is 3.21. The topological polar surface area (TPSA) is 83.8 Å². The van der Waals surface area contributed by atoms with E-state index >= 15 is 0 Å². The Morgan fingerprint density at radius 2 is 2.00 bits per heavy atom. The predicted octanol–water partition coefficient (Wildman–Crippen LogP) is 1.56. The second kappa shape index (κ2) is 5.01. The van der Waals surface area contributed by atoms with Crippen LogP contribution in [0.15, 0.2) is 24.3 Å². The number of nitrogens with one attached hydrogen (secondary N) is 2. The zero-order valence-electron chi connectivity index (χ0n) is 10.7. The molecule has 1 fully saturated rings. The second-order valence-electron chi connectivity index (χ2n) is 5.20. The van der Waals surface area contributed by atoms with Crippen molar-refractivity contribution in [2.24, 2.45) is 5.73 Å². The molecule has 0 bridgehead atoms. The number of H-pyrrole nitrogens is 1. The van der Waals surface area contributed by atoms with Crippen LogP contribution in [-0.2, 0) is 0 Å². The first-order valence-corrected chi connectivity index (χ1v) is 6.73. The molecule has 1 aromatic heterocycles. The molecule has 0 atom stereocenters. The Morgan fingerprint density at radius 3 is 2.79 bits per heavy atom. The van der Waals surface area contributed by atoms with E-state index in [-0.39, 0.29) is 11.9 Å². The molecule has 0 radical (unpaired) electrons. The first-order chi connectivity index (χ1) is 9.24. The molecule has 1 aliphatic rings. The Balaban J connectivity index is 1.73. The molecule has 1 amide bonds. The van der Waals surface area contributed by atoms with Crippen molar-refractivity contribution in [3.63, 3.8) is 0 Å². The van der Waals surface area contributed by atoms with E-state index in [1.165, 1.54) is 0 Å². The van der Waals surface area contributed by atoms with Crippen molar-refractivity contribution < 1.29 is 4.79 Å². The Bertz CT molecular complexity index is 584. The van der Waals surface area contributed by atoms with Crippen LogP contribution in [0, 0.1) is 0 Å². The van der Waals surface area contributed by atoms with Crippen LogP contribution < -0.4 is 11.1 Å². The van der Waals surface area contributed by atoms with E-state index in [9.17, 15) is 4.79 Å². The number of nitrogens with zero attached hydrogens (tertiary/aromatic N) is 1. The zero-order chi connectivity index (χ0) is 13.2. The summed E-state index contributed by atoms with van der Waals surface area (Å²) < 4.78 is 0. The van der Waals surface area contributed by atoms with Crippen LogP contribution in [0.4, 0.5) is 0 Å². The maximum absolute atomic E-state index is 12.2. The zero-order valence-corrected chi connectivity index (χ0v) is 10.7. The number of nitrogens with two attached hydrogens (primary N) is 1. The Labute approximate surface area is 111 Å². The molecule has 1 aliphatic carbocycles.